The Balaban J connectivity index is 2.41. The summed E-state index contributed by atoms with van der Waals surface area (Å²) < 4.78 is 16.1. The predicted octanol–water partition coefficient (Wildman–Crippen LogP) is 2.76. The van der Waals surface area contributed by atoms with Crippen molar-refractivity contribution in [3.05, 3.63) is 17.7 Å². The van der Waals surface area contributed by atoms with Crippen LogP contribution in [0.2, 0.25) is 0 Å². The van der Waals surface area contributed by atoms with Crippen molar-refractivity contribution in [2.45, 2.75) is 25.3 Å². The van der Waals surface area contributed by atoms with Crippen molar-refractivity contribution < 1.29 is 14.2 Å². The Bertz CT molecular complexity index is 519. The van der Waals surface area contributed by atoms with E-state index in [1.165, 1.54) is 6.42 Å². The van der Waals surface area contributed by atoms with E-state index in [1.54, 1.807) is 27.4 Å². The molecule has 2 rings (SSSR count). The second-order valence-electron chi connectivity index (χ2n) is 5.08. The van der Waals surface area contributed by atoms with E-state index >= 15 is 0 Å². The van der Waals surface area contributed by atoms with E-state index in [-0.39, 0.29) is 6.04 Å². The standard InChI is InChI=1S/C16H22N2O3/c1-19-14-10-16(21-3)15(20-2)9-12(14)13(11-17)18-7-5-4-6-8-18/h9-10,13H,4-8H2,1-3H3. The summed E-state index contributed by atoms with van der Waals surface area (Å²) in [6.45, 7) is 1.88. The van der Waals surface area contributed by atoms with E-state index in [0.29, 0.717) is 17.2 Å². The van der Waals surface area contributed by atoms with Crippen molar-refractivity contribution in [1.29, 1.82) is 5.26 Å². The number of hydrogen-bond donors (Lipinski definition) is 0. The van der Waals surface area contributed by atoms with Crippen LogP contribution < -0.4 is 14.2 Å². The fourth-order valence-electron chi connectivity index (χ4n) is 2.79. The number of rotatable bonds is 5. The van der Waals surface area contributed by atoms with Crippen LogP contribution in [0, 0.1) is 11.3 Å². The highest BCUT2D eigenvalue weighted by molar-refractivity contribution is 5.53. The second kappa shape index (κ2) is 7.19. The lowest BCUT2D eigenvalue weighted by Gasteiger charge is -2.31. The zero-order valence-corrected chi connectivity index (χ0v) is 12.9. The van der Waals surface area contributed by atoms with Gasteiger partial charge >= 0.3 is 0 Å². The third-order valence-electron chi connectivity index (χ3n) is 3.91. The predicted molar refractivity (Wildman–Crippen MR) is 79.9 cm³/mol. The minimum atomic E-state index is -0.319. The largest absolute Gasteiger partial charge is 0.496 e. The molecule has 114 valence electrons. The fraction of sp³-hybridized carbons (Fsp3) is 0.562. The lowest BCUT2D eigenvalue weighted by Crippen LogP contribution is -2.33. The molecule has 1 aromatic carbocycles. The summed E-state index contributed by atoms with van der Waals surface area (Å²) in [6, 6.07) is 5.71. The average Bonchev–Trinajstić information content (AvgIpc) is 2.56. The Hall–Kier alpha value is -1.93. The monoisotopic (exact) mass is 290 g/mol. The first-order valence-electron chi connectivity index (χ1n) is 7.18. The van der Waals surface area contributed by atoms with Crippen LogP contribution in [0.5, 0.6) is 17.2 Å². The molecule has 1 aliphatic rings. The lowest BCUT2D eigenvalue weighted by molar-refractivity contribution is 0.193. The smallest absolute Gasteiger partial charge is 0.164 e. The van der Waals surface area contributed by atoms with E-state index in [9.17, 15) is 5.26 Å². The molecule has 1 atom stereocenters. The number of ether oxygens (including phenoxy) is 3. The normalized spacial score (nSPS) is 16.9. The first-order valence-corrected chi connectivity index (χ1v) is 7.18. The second-order valence-corrected chi connectivity index (χ2v) is 5.08. The van der Waals surface area contributed by atoms with Crippen LogP contribution in [0.4, 0.5) is 0 Å². The highest BCUT2D eigenvalue weighted by atomic mass is 16.5. The summed E-state index contributed by atoms with van der Waals surface area (Å²) in [5.41, 5.74) is 0.833. The summed E-state index contributed by atoms with van der Waals surface area (Å²) >= 11 is 0. The number of piperidine rings is 1. The Morgan fingerprint density at radius 1 is 0.952 bits per heavy atom. The minimum Gasteiger partial charge on any atom is -0.496 e. The van der Waals surface area contributed by atoms with E-state index < -0.39 is 0 Å². The molecular formula is C16H22N2O3. The molecule has 1 fully saturated rings. The summed E-state index contributed by atoms with van der Waals surface area (Å²) in [4.78, 5) is 2.20. The van der Waals surface area contributed by atoms with Gasteiger partial charge in [0.2, 0.25) is 0 Å². The Labute approximate surface area is 126 Å². The van der Waals surface area contributed by atoms with Gasteiger partial charge in [0.05, 0.1) is 27.4 Å². The summed E-state index contributed by atoms with van der Waals surface area (Å²) in [5, 5.41) is 9.62. The third kappa shape index (κ3) is 3.22. The van der Waals surface area contributed by atoms with Gasteiger partial charge in [0.15, 0.2) is 11.5 Å². The molecule has 21 heavy (non-hydrogen) atoms. The SMILES string of the molecule is COc1cc(OC)c(C(C#N)N2CCCCC2)cc1OC. The number of nitrogens with zero attached hydrogens (tertiary/aromatic N) is 2. The molecule has 1 unspecified atom stereocenters. The molecule has 0 bridgehead atoms. The van der Waals surface area contributed by atoms with Gasteiger partial charge < -0.3 is 14.2 Å². The maximum absolute atomic E-state index is 9.62. The van der Waals surface area contributed by atoms with Gasteiger partial charge in [-0.3, -0.25) is 4.90 Å². The first-order chi connectivity index (χ1) is 10.2. The van der Waals surface area contributed by atoms with Crippen LogP contribution in [0.15, 0.2) is 12.1 Å². The summed E-state index contributed by atoms with van der Waals surface area (Å²) in [7, 11) is 4.79. The molecule has 1 aliphatic heterocycles. The van der Waals surface area contributed by atoms with Gasteiger partial charge in [-0.15, -0.1) is 0 Å². The van der Waals surface area contributed by atoms with Crippen molar-refractivity contribution in [3.63, 3.8) is 0 Å². The van der Waals surface area contributed by atoms with E-state index in [1.807, 2.05) is 6.07 Å². The van der Waals surface area contributed by atoms with Gasteiger partial charge in [-0.05, 0) is 32.0 Å². The van der Waals surface area contributed by atoms with E-state index in [2.05, 4.69) is 11.0 Å². The molecule has 0 spiro atoms. The molecule has 0 aliphatic carbocycles. The number of nitriles is 1. The fourth-order valence-corrected chi connectivity index (χ4v) is 2.79. The molecule has 0 amide bonds. The zero-order chi connectivity index (χ0) is 15.2. The number of methoxy groups -OCH3 is 3. The van der Waals surface area contributed by atoms with Gasteiger partial charge in [0.1, 0.15) is 11.8 Å². The molecule has 1 heterocycles. The zero-order valence-electron chi connectivity index (χ0n) is 12.9. The molecule has 1 saturated heterocycles. The number of benzene rings is 1. The van der Waals surface area contributed by atoms with Gasteiger partial charge in [0.25, 0.3) is 0 Å². The molecule has 5 nitrogen and oxygen atoms in total. The Morgan fingerprint density at radius 2 is 1.52 bits per heavy atom. The van der Waals surface area contributed by atoms with Gasteiger partial charge in [0, 0.05) is 11.6 Å². The summed E-state index contributed by atoms with van der Waals surface area (Å²) in [5.74, 6) is 1.88. The van der Waals surface area contributed by atoms with Crippen LogP contribution in [-0.2, 0) is 0 Å². The van der Waals surface area contributed by atoms with Crippen molar-refractivity contribution in [2.24, 2.45) is 0 Å². The Kier molecular flexibility index (Phi) is 5.29. The maximum Gasteiger partial charge on any atom is 0.164 e. The quantitative estimate of drug-likeness (QED) is 0.834. The van der Waals surface area contributed by atoms with Gasteiger partial charge in [-0.2, -0.15) is 5.26 Å². The van der Waals surface area contributed by atoms with Gasteiger partial charge in [-0.1, -0.05) is 6.42 Å². The van der Waals surface area contributed by atoms with Crippen molar-refractivity contribution in [3.8, 4) is 23.3 Å². The van der Waals surface area contributed by atoms with Crippen LogP contribution in [-0.4, -0.2) is 39.3 Å². The Morgan fingerprint density at radius 3 is 2.05 bits per heavy atom. The van der Waals surface area contributed by atoms with Crippen molar-refractivity contribution in [1.82, 2.24) is 4.90 Å². The number of likely N-dealkylation sites (tertiary alicyclic amines) is 1. The van der Waals surface area contributed by atoms with Crippen molar-refractivity contribution in [2.75, 3.05) is 34.4 Å². The van der Waals surface area contributed by atoms with E-state index in [4.69, 9.17) is 14.2 Å². The molecule has 0 radical (unpaired) electrons. The molecule has 1 aromatic rings. The van der Waals surface area contributed by atoms with E-state index in [0.717, 1.165) is 31.5 Å². The molecule has 0 aromatic heterocycles. The molecular weight excluding hydrogens is 268 g/mol. The van der Waals surface area contributed by atoms with Crippen LogP contribution in [0.3, 0.4) is 0 Å². The van der Waals surface area contributed by atoms with Crippen LogP contribution >= 0.6 is 0 Å². The maximum atomic E-state index is 9.62. The lowest BCUT2D eigenvalue weighted by atomic mass is 10.0. The highest BCUT2D eigenvalue weighted by Gasteiger charge is 2.26. The average molecular weight is 290 g/mol. The summed E-state index contributed by atoms with van der Waals surface area (Å²) in [6.07, 6.45) is 3.50. The molecule has 5 heteroatoms. The minimum absolute atomic E-state index is 0.319. The highest BCUT2D eigenvalue weighted by Crippen LogP contribution is 2.39. The molecule has 0 saturated carbocycles. The third-order valence-corrected chi connectivity index (χ3v) is 3.91. The number of hydrogen-bond acceptors (Lipinski definition) is 5. The van der Waals surface area contributed by atoms with Crippen molar-refractivity contribution >= 4 is 0 Å². The van der Waals surface area contributed by atoms with Gasteiger partial charge in [-0.25, -0.2) is 0 Å². The first kappa shape index (κ1) is 15.5. The molecule has 0 N–H and O–H groups in total. The van der Waals surface area contributed by atoms with Crippen LogP contribution in [0.25, 0.3) is 0 Å². The topological polar surface area (TPSA) is 54.7 Å². The van der Waals surface area contributed by atoms with Crippen LogP contribution in [0.1, 0.15) is 30.9 Å².